The van der Waals surface area contributed by atoms with Crippen LogP contribution in [0.3, 0.4) is 0 Å². The van der Waals surface area contributed by atoms with Gasteiger partial charge in [-0.1, -0.05) is 28.1 Å². The van der Waals surface area contributed by atoms with Gasteiger partial charge in [0, 0.05) is 24.7 Å². The SMILES string of the molecule is O=C1CCC(=O)N1CC=CCBr. The Morgan fingerprint density at radius 2 is 1.83 bits per heavy atom. The lowest BCUT2D eigenvalue weighted by Crippen LogP contribution is -2.28. The molecule has 1 saturated heterocycles. The quantitative estimate of drug-likeness (QED) is 0.415. The zero-order valence-electron chi connectivity index (χ0n) is 6.62. The van der Waals surface area contributed by atoms with Crippen LogP contribution in [0.15, 0.2) is 12.2 Å². The molecule has 0 aromatic carbocycles. The van der Waals surface area contributed by atoms with Gasteiger partial charge in [0.15, 0.2) is 0 Å². The van der Waals surface area contributed by atoms with Gasteiger partial charge >= 0.3 is 0 Å². The molecule has 4 heteroatoms. The number of halogens is 1. The number of hydrogen-bond donors (Lipinski definition) is 0. The summed E-state index contributed by atoms with van der Waals surface area (Å²) in [7, 11) is 0. The molecular weight excluding hydrogens is 222 g/mol. The van der Waals surface area contributed by atoms with E-state index in [4.69, 9.17) is 0 Å². The van der Waals surface area contributed by atoms with Gasteiger partial charge in [-0.3, -0.25) is 14.5 Å². The fourth-order valence-corrected chi connectivity index (χ4v) is 1.33. The molecule has 0 radical (unpaired) electrons. The highest BCUT2D eigenvalue weighted by Crippen LogP contribution is 2.10. The molecule has 2 amide bonds. The van der Waals surface area contributed by atoms with Crippen molar-refractivity contribution in [2.45, 2.75) is 12.8 Å². The fraction of sp³-hybridized carbons (Fsp3) is 0.500. The molecule has 0 N–H and O–H groups in total. The molecule has 0 unspecified atom stereocenters. The van der Waals surface area contributed by atoms with E-state index in [0.717, 1.165) is 5.33 Å². The van der Waals surface area contributed by atoms with Gasteiger partial charge in [0.1, 0.15) is 0 Å². The van der Waals surface area contributed by atoms with E-state index in [2.05, 4.69) is 15.9 Å². The summed E-state index contributed by atoms with van der Waals surface area (Å²) < 4.78 is 0. The van der Waals surface area contributed by atoms with Crippen molar-refractivity contribution in [2.75, 3.05) is 11.9 Å². The van der Waals surface area contributed by atoms with Crippen LogP contribution < -0.4 is 0 Å². The van der Waals surface area contributed by atoms with Gasteiger partial charge in [-0.2, -0.15) is 0 Å². The number of carbonyl (C=O) groups is 2. The molecule has 1 rings (SSSR count). The molecular formula is C8H10BrNO2. The van der Waals surface area contributed by atoms with Crippen molar-refractivity contribution in [1.82, 2.24) is 4.90 Å². The van der Waals surface area contributed by atoms with Crippen LogP contribution in [0, 0.1) is 0 Å². The molecule has 0 spiro atoms. The number of likely N-dealkylation sites (tertiary alicyclic amines) is 1. The van der Waals surface area contributed by atoms with E-state index >= 15 is 0 Å². The number of hydrogen-bond acceptors (Lipinski definition) is 2. The van der Waals surface area contributed by atoms with Gasteiger partial charge < -0.3 is 0 Å². The Bertz CT molecular complexity index is 209. The molecule has 1 fully saturated rings. The minimum absolute atomic E-state index is 0.0563. The van der Waals surface area contributed by atoms with Gasteiger partial charge in [0.25, 0.3) is 0 Å². The average molecular weight is 232 g/mol. The topological polar surface area (TPSA) is 37.4 Å². The first-order chi connectivity index (χ1) is 5.75. The highest BCUT2D eigenvalue weighted by atomic mass is 79.9. The van der Waals surface area contributed by atoms with Crippen LogP contribution in [0.4, 0.5) is 0 Å². The van der Waals surface area contributed by atoms with Gasteiger partial charge in [-0.15, -0.1) is 0 Å². The standard InChI is InChI=1S/C8H10BrNO2/c9-5-1-2-6-10-7(11)3-4-8(10)12/h1-2H,3-6H2. The second kappa shape index (κ2) is 4.40. The molecule has 1 aliphatic rings. The largest absolute Gasteiger partial charge is 0.279 e. The first kappa shape index (κ1) is 9.45. The van der Waals surface area contributed by atoms with Crippen molar-refractivity contribution in [3.63, 3.8) is 0 Å². The summed E-state index contributed by atoms with van der Waals surface area (Å²) in [6.45, 7) is 0.420. The summed E-state index contributed by atoms with van der Waals surface area (Å²) in [5, 5.41) is 0.753. The Balaban J connectivity index is 2.45. The van der Waals surface area contributed by atoms with Crippen LogP contribution in [0.1, 0.15) is 12.8 Å². The third-order valence-corrected chi connectivity index (χ3v) is 2.07. The van der Waals surface area contributed by atoms with Gasteiger partial charge in [-0.05, 0) is 0 Å². The normalized spacial score (nSPS) is 18.2. The number of imide groups is 1. The summed E-state index contributed by atoms with van der Waals surface area (Å²) >= 11 is 3.21. The monoisotopic (exact) mass is 231 g/mol. The highest BCUT2D eigenvalue weighted by Gasteiger charge is 2.27. The Labute approximate surface area is 79.5 Å². The number of nitrogens with zero attached hydrogens (tertiary/aromatic N) is 1. The highest BCUT2D eigenvalue weighted by molar-refractivity contribution is 9.09. The maximum Gasteiger partial charge on any atom is 0.229 e. The molecule has 3 nitrogen and oxygen atoms in total. The maximum absolute atomic E-state index is 11.0. The Morgan fingerprint density at radius 3 is 2.33 bits per heavy atom. The van der Waals surface area contributed by atoms with Crippen molar-refractivity contribution >= 4 is 27.7 Å². The van der Waals surface area contributed by atoms with Crippen molar-refractivity contribution in [3.05, 3.63) is 12.2 Å². The summed E-state index contributed by atoms with van der Waals surface area (Å²) in [6, 6.07) is 0. The molecule has 12 heavy (non-hydrogen) atoms. The van der Waals surface area contributed by atoms with E-state index in [0.29, 0.717) is 19.4 Å². The molecule has 0 bridgehead atoms. The van der Waals surface area contributed by atoms with E-state index < -0.39 is 0 Å². The second-order valence-electron chi connectivity index (χ2n) is 2.52. The van der Waals surface area contributed by atoms with Crippen molar-refractivity contribution in [2.24, 2.45) is 0 Å². The van der Waals surface area contributed by atoms with E-state index in [1.54, 1.807) is 0 Å². The molecule has 66 valence electrons. The van der Waals surface area contributed by atoms with Crippen LogP contribution >= 0.6 is 15.9 Å². The first-order valence-electron chi connectivity index (χ1n) is 3.80. The van der Waals surface area contributed by atoms with E-state index in [1.165, 1.54) is 4.90 Å². The van der Waals surface area contributed by atoms with Crippen LogP contribution in [0.5, 0.6) is 0 Å². The smallest absolute Gasteiger partial charge is 0.229 e. The van der Waals surface area contributed by atoms with Gasteiger partial charge in [-0.25, -0.2) is 0 Å². The molecule has 1 aliphatic heterocycles. The van der Waals surface area contributed by atoms with Crippen molar-refractivity contribution in [1.29, 1.82) is 0 Å². The molecule has 0 aromatic heterocycles. The third-order valence-electron chi connectivity index (χ3n) is 1.70. The van der Waals surface area contributed by atoms with Crippen molar-refractivity contribution in [3.8, 4) is 0 Å². The summed E-state index contributed by atoms with van der Waals surface area (Å²) in [5.74, 6) is -0.113. The lowest BCUT2D eigenvalue weighted by molar-refractivity contribution is -0.137. The second-order valence-corrected chi connectivity index (χ2v) is 3.17. The zero-order valence-corrected chi connectivity index (χ0v) is 8.21. The van der Waals surface area contributed by atoms with Crippen LogP contribution in [-0.4, -0.2) is 28.6 Å². The molecule has 0 aromatic rings. The molecule has 0 atom stereocenters. The van der Waals surface area contributed by atoms with Crippen molar-refractivity contribution < 1.29 is 9.59 Å². The molecule has 0 aliphatic carbocycles. The minimum Gasteiger partial charge on any atom is -0.279 e. The predicted molar refractivity (Wildman–Crippen MR) is 48.9 cm³/mol. The maximum atomic E-state index is 11.0. The van der Waals surface area contributed by atoms with Crippen LogP contribution in [-0.2, 0) is 9.59 Å². The summed E-state index contributed by atoms with van der Waals surface area (Å²) in [4.78, 5) is 23.4. The molecule has 0 saturated carbocycles. The third kappa shape index (κ3) is 2.17. The van der Waals surface area contributed by atoms with Crippen LogP contribution in [0.2, 0.25) is 0 Å². The van der Waals surface area contributed by atoms with Crippen LogP contribution in [0.25, 0.3) is 0 Å². The number of rotatable bonds is 3. The minimum atomic E-state index is -0.0563. The Kier molecular flexibility index (Phi) is 3.47. The van der Waals surface area contributed by atoms with Gasteiger partial charge in [0.2, 0.25) is 11.8 Å². The average Bonchev–Trinajstić information content (AvgIpc) is 2.35. The van der Waals surface area contributed by atoms with Gasteiger partial charge in [0.05, 0.1) is 0 Å². The van der Waals surface area contributed by atoms with E-state index in [9.17, 15) is 9.59 Å². The summed E-state index contributed by atoms with van der Waals surface area (Å²) in [5.41, 5.74) is 0. The number of alkyl halides is 1. The number of allylic oxidation sites excluding steroid dienone is 1. The van der Waals surface area contributed by atoms with E-state index in [1.807, 2.05) is 12.2 Å². The number of amides is 2. The zero-order chi connectivity index (χ0) is 8.97. The lowest BCUT2D eigenvalue weighted by atomic mass is 10.4. The first-order valence-corrected chi connectivity index (χ1v) is 4.92. The fourth-order valence-electron chi connectivity index (χ4n) is 1.07. The summed E-state index contributed by atoms with van der Waals surface area (Å²) in [6.07, 6.45) is 4.44. The Morgan fingerprint density at radius 1 is 1.25 bits per heavy atom. The Hall–Kier alpha value is -0.640. The van der Waals surface area contributed by atoms with E-state index in [-0.39, 0.29) is 11.8 Å². The lowest BCUT2D eigenvalue weighted by Gasteiger charge is -2.09. The number of carbonyl (C=O) groups excluding carboxylic acids is 2. The predicted octanol–water partition coefficient (Wildman–Crippen LogP) is 1.09. The molecule has 1 heterocycles.